The standard InChI is InChI=1S/C20H26N2O6S/c1-4-26-15-7-6-13(10-16(15)27-5-2)21-17(23)11-28-19(25)14-12-29-20(3)9-8-18(24)22(14)20/h6-7,10,14H,4-5,8-9,11-12H2,1-3H3,(H,21,23)/t14-,20-/m1/s1. The molecular formula is C20H26N2O6S. The van der Waals surface area contributed by atoms with E-state index in [1.165, 1.54) is 0 Å². The topological polar surface area (TPSA) is 94.2 Å². The summed E-state index contributed by atoms with van der Waals surface area (Å²) in [7, 11) is 0. The Kier molecular flexibility index (Phi) is 6.56. The number of carbonyl (C=O) groups excluding carboxylic acids is 3. The van der Waals surface area contributed by atoms with Gasteiger partial charge in [0.1, 0.15) is 6.04 Å². The Morgan fingerprint density at radius 2 is 1.97 bits per heavy atom. The normalized spacial score (nSPS) is 22.9. The fourth-order valence-corrected chi connectivity index (χ4v) is 4.97. The molecule has 2 heterocycles. The summed E-state index contributed by atoms with van der Waals surface area (Å²) in [6.07, 6.45) is 1.16. The lowest BCUT2D eigenvalue weighted by Crippen LogP contribution is -2.47. The number of benzene rings is 1. The fraction of sp³-hybridized carbons (Fsp3) is 0.550. The largest absolute Gasteiger partial charge is 0.490 e. The maximum Gasteiger partial charge on any atom is 0.330 e. The highest BCUT2D eigenvalue weighted by Crippen LogP contribution is 2.47. The molecule has 0 aromatic heterocycles. The summed E-state index contributed by atoms with van der Waals surface area (Å²) in [5, 5.41) is 2.68. The Morgan fingerprint density at radius 3 is 2.69 bits per heavy atom. The van der Waals surface area contributed by atoms with Gasteiger partial charge in [-0.3, -0.25) is 9.59 Å². The van der Waals surface area contributed by atoms with E-state index in [9.17, 15) is 14.4 Å². The van der Waals surface area contributed by atoms with Crippen molar-refractivity contribution in [1.82, 2.24) is 4.90 Å². The van der Waals surface area contributed by atoms with E-state index < -0.39 is 24.5 Å². The van der Waals surface area contributed by atoms with E-state index in [0.717, 1.165) is 6.42 Å². The number of nitrogens with zero attached hydrogens (tertiary/aromatic N) is 1. The highest BCUT2D eigenvalue weighted by Gasteiger charge is 2.53. The lowest BCUT2D eigenvalue weighted by molar-refractivity contribution is -0.155. The molecule has 2 aliphatic rings. The number of amides is 2. The van der Waals surface area contributed by atoms with Crippen LogP contribution in [0.5, 0.6) is 11.5 Å². The average Bonchev–Trinajstić information content (AvgIpc) is 3.18. The summed E-state index contributed by atoms with van der Waals surface area (Å²) >= 11 is 1.58. The van der Waals surface area contributed by atoms with Gasteiger partial charge in [0.2, 0.25) is 5.91 Å². The molecule has 1 aromatic rings. The van der Waals surface area contributed by atoms with Crippen molar-refractivity contribution in [3.8, 4) is 11.5 Å². The number of nitrogens with one attached hydrogen (secondary N) is 1. The highest BCUT2D eigenvalue weighted by molar-refractivity contribution is 8.01. The Hall–Kier alpha value is -2.42. The van der Waals surface area contributed by atoms with Gasteiger partial charge < -0.3 is 24.4 Å². The molecule has 0 aliphatic carbocycles. The summed E-state index contributed by atoms with van der Waals surface area (Å²) in [5.41, 5.74) is 0.511. The molecule has 0 bridgehead atoms. The zero-order valence-electron chi connectivity index (χ0n) is 16.9. The average molecular weight is 423 g/mol. The second kappa shape index (κ2) is 8.94. The second-order valence-electron chi connectivity index (χ2n) is 6.95. The molecule has 2 atom stereocenters. The molecule has 158 valence electrons. The lowest BCUT2D eigenvalue weighted by atomic mass is 10.2. The predicted molar refractivity (Wildman–Crippen MR) is 109 cm³/mol. The van der Waals surface area contributed by atoms with E-state index in [1.54, 1.807) is 34.9 Å². The van der Waals surface area contributed by atoms with Gasteiger partial charge in [0.15, 0.2) is 18.1 Å². The summed E-state index contributed by atoms with van der Waals surface area (Å²) in [6.45, 7) is 6.24. The lowest BCUT2D eigenvalue weighted by Gasteiger charge is -2.29. The molecule has 9 heteroatoms. The van der Waals surface area contributed by atoms with Gasteiger partial charge in [-0.15, -0.1) is 11.8 Å². The number of rotatable bonds is 8. The maximum absolute atomic E-state index is 12.4. The number of hydrogen-bond donors (Lipinski definition) is 1. The van der Waals surface area contributed by atoms with Crippen molar-refractivity contribution < 1.29 is 28.6 Å². The van der Waals surface area contributed by atoms with Gasteiger partial charge in [-0.25, -0.2) is 4.79 Å². The van der Waals surface area contributed by atoms with Crippen LogP contribution in [-0.2, 0) is 19.1 Å². The number of hydrogen-bond acceptors (Lipinski definition) is 7. The molecular weight excluding hydrogens is 396 g/mol. The number of carbonyl (C=O) groups is 3. The minimum Gasteiger partial charge on any atom is -0.490 e. The Balaban J connectivity index is 1.55. The van der Waals surface area contributed by atoms with Crippen LogP contribution in [0.3, 0.4) is 0 Å². The van der Waals surface area contributed by atoms with Gasteiger partial charge >= 0.3 is 5.97 Å². The van der Waals surface area contributed by atoms with E-state index >= 15 is 0 Å². The molecule has 1 N–H and O–H groups in total. The van der Waals surface area contributed by atoms with Crippen molar-refractivity contribution in [3.05, 3.63) is 18.2 Å². The van der Waals surface area contributed by atoms with Crippen LogP contribution in [0.25, 0.3) is 0 Å². The minimum atomic E-state index is -0.636. The van der Waals surface area contributed by atoms with Gasteiger partial charge in [0.05, 0.1) is 18.1 Å². The van der Waals surface area contributed by atoms with Gasteiger partial charge in [-0.2, -0.15) is 0 Å². The predicted octanol–water partition coefficient (Wildman–Crippen LogP) is 2.42. The van der Waals surface area contributed by atoms with Crippen molar-refractivity contribution in [2.24, 2.45) is 0 Å². The molecule has 29 heavy (non-hydrogen) atoms. The zero-order chi connectivity index (χ0) is 21.0. The maximum atomic E-state index is 12.4. The van der Waals surface area contributed by atoms with Gasteiger partial charge in [0.25, 0.3) is 5.91 Å². The van der Waals surface area contributed by atoms with Gasteiger partial charge in [-0.05, 0) is 39.3 Å². The SMILES string of the molecule is CCOc1ccc(NC(=O)COC(=O)[C@H]2CS[C@]3(C)CCC(=O)N23)cc1OCC. The van der Waals surface area contributed by atoms with Crippen LogP contribution < -0.4 is 14.8 Å². The third-order valence-corrected chi connectivity index (χ3v) is 6.39. The van der Waals surface area contributed by atoms with Crippen LogP contribution in [0.1, 0.15) is 33.6 Å². The molecule has 0 spiro atoms. The van der Waals surface area contributed by atoms with Crippen LogP contribution in [0, 0.1) is 0 Å². The third-order valence-electron chi connectivity index (χ3n) is 4.89. The van der Waals surface area contributed by atoms with E-state index in [4.69, 9.17) is 14.2 Å². The molecule has 0 unspecified atom stereocenters. The van der Waals surface area contributed by atoms with E-state index in [-0.39, 0.29) is 10.8 Å². The van der Waals surface area contributed by atoms with Crippen molar-refractivity contribution >= 4 is 35.2 Å². The van der Waals surface area contributed by atoms with Gasteiger partial charge in [0, 0.05) is 23.9 Å². The van der Waals surface area contributed by atoms with Crippen LogP contribution in [0.2, 0.25) is 0 Å². The van der Waals surface area contributed by atoms with Crippen LogP contribution >= 0.6 is 11.8 Å². The monoisotopic (exact) mass is 422 g/mol. The summed E-state index contributed by atoms with van der Waals surface area (Å²) in [4.78, 5) is 38.0. The Morgan fingerprint density at radius 1 is 1.24 bits per heavy atom. The van der Waals surface area contributed by atoms with Gasteiger partial charge in [-0.1, -0.05) is 0 Å². The van der Waals surface area contributed by atoms with E-state index in [0.29, 0.717) is 42.6 Å². The minimum absolute atomic E-state index is 0.0401. The molecule has 2 amide bonds. The Labute approximate surface area is 174 Å². The summed E-state index contributed by atoms with van der Waals surface area (Å²) in [5.74, 6) is 0.551. The van der Waals surface area contributed by atoms with Crippen molar-refractivity contribution in [1.29, 1.82) is 0 Å². The Bertz CT molecular complexity index is 801. The van der Waals surface area contributed by atoms with Crippen molar-refractivity contribution in [2.75, 3.05) is 30.9 Å². The third kappa shape index (κ3) is 4.60. The zero-order valence-corrected chi connectivity index (χ0v) is 17.7. The molecule has 1 aromatic carbocycles. The van der Waals surface area contributed by atoms with E-state index in [2.05, 4.69) is 5.32 Å². The molecule has 8 nitrogen and oxygen atoms in total. The van der Waals surface area contributed by atoms with Crippen molar-refractivity contribution in [3.63, 3.8) is 0 Å². The summed E-state index contributed by atoms with van der Waals surface area (Å²) in [6, 6.07) is 4.43. The first-order valence-corrected chi connectivity index (χ1v) is 10.7. The first-order valence-electron chi connectivity index (χ1n) is 9.70. The quantitative estimate of drug-likeness (QED) is 0.643. The molecule has 2 fully saturated rings. The first-order chi connectivity index (χ1) is 13.9. The van der Waals surface area contributed by atoms with E-state index in [1.807, 2.05) is 20.8 Å². The highest BCUT2D eigenvalue weighted by atomic mass is 32.2. The van der Waals surface area contributed by atoms with Crippen molar-refractivity contribution in [2.45, 2.75) is 44.5 Å². The number of esters is 1. The number of fused-ring (bicyclic) bond motifs is 1. The van der Waals surface area contributed by atoms with Crippen LogP contribution in [0.4, 0.5) is 5.69 Å². The molecule has 2 aliphatic heterocycles. The molecule has 2 saturated heterocycles. The fourth-order valence-electron chi connectivity index (χ4n) is 3.55. The molecule has 0 saturated carbocycles. The number of thioether (sulfide) groups is 1. The number of ether oxygens (including phenoxy) is 3. The van der Waals surface area contributed by atoms with Crippen LogP contribution in [0.15, 0.2) is 18.2 Å². The number of anilines is 1. The second-order valence-corrected chi connectivity index (χ2v) is 8.45. The molecule has 0 radical (unpaired) electrons. The molecule has 3 rings (SSSR count). The smallest absolute Gasteiger partial charge is 0.330 e. The summed E-state index contributed by atoms with van der Waals surface area (Å²) < 4.78 is 16.2. The first kappa shape index (κ1) is 21.3. The van der Waals surface area contributed by atoms with Crippen LogP contribution in [-0.4, -0.2) is 59.2 Å².